The van der Waals surface area contributed by atoms with Gasteiger partial charge in [-0.3, -0.25) is 0 Å². The molecule has 4 nitrogen and oxygen atoms in total. The summed E-state index contributed by atoms with van der Waals surface area (Å²) < 4.78 is 24.1. The van der Waals surface area contributed by atoms with Crippen LogP contribution in [0.3, 0.4) is 0 Å². The van der Waals surface area contributed by atoms with Gasteiger partial charge in [0.1, 0.15) is 0 Å². The molecule has 0 aromatic carbocycles. The van der Waals surface area contributed by atoms with Crippen molar-refractivity contribution in [2.75, 3.05) is 0 Å². The van der Waals surface area contributed by atoms with Gasteiger partial charge in [-0.25, -0.2) is 0 Å². The molecule has 0 rings (SSSR count). The summed E-state index contributed by atoms with van der Waals surface area (Å²) in [5.74, 6) is 0. The van der Waals surface area contributed by atoms with Gasteiger partial charge in [0.25, 0.3) is 0 Å². The molecule has 0 aromatic heterocycles. The molecule has 7 heavy (non-hydrogen) atoms. The van der Waals surface area contributed by atoms with E-state index in [1.165, 1.54) is 0 Å². The normalized spacial score (nSPS) is 4.86. The largest absolute Gasteiger partial charge is 0.439 e. The third kappa shape index (κ3) is 240. The minimum Gasteiger partial charge on any atom is -0.439 e. The standard InChI is InChI=1S/ClH.Ir.H3N.HO3S/c;;;1-4(2)3/h1H;;1H3;(H,1,2,3)/q;;;-1. The molecule has 0 unspecified atom stereocenters. The summed E-state index contributed by atoms with van der Waals surface area (Å²) in [6, 6.07) is 0. The van der Waals surface area contributed by atoms with Crippen LogP contribution in [0.4, 0.5) is 0 Å². The Morgan fingerprint density at radius 3 is 1.29 bits per heavy atom. The fourth-order valence-corrected chi connectivity index (χ4v) is 0. The Morgan fingerprint density at radius 2 is 1.29 bits per heavy atom. The maximum absolute atomic E-state index is 8.56. The van der Waals surface area contributed by atoms with Gasteiger partial charge in [0.15, 0.2) is 0 Å². The van der Waals surface area contributed by atoms with Gasteiger partial charge in [0.05, 0.1) is 0 Å². The molecule has 4 N–H and O–H groups in total. The van der Waals surface area contributed by atoms with Crippen molar-refractivity contribution in [3.05, 3.63) is 0 Å². The Morgan fingerprint density at radius 1 is 1.29 bits per heavy atom. The summed E-state index contributed by atoms with van der Waals surface area (Å²) in [5.41, 5.74) is 0. The van der Waals surface area contributed by atoms with Gasteiger partial charge >= 0.3 is 0 Å². The zero-order valence-corrected chi connectivity index (χ0v) is 7.15. The SMILES string of the molecule is Cl.N.O=[S-](=O)O.[Ir]. The van der Waals surface area contributed by atoms with Gasteiger partial charge < -0.3 is 19.1 Å². The molecule has 0 atom stereocenters. The second-order valence-electron chi connectivity index (χ2n) is 0.217. The molecule has 51 valence electrons. The average molecular weight is 327 g/mol. The molecule has 0 fully saturated rings. The molecule has 7 heteroatoms. The third-order valence-corrected chi connectivity index (χ3v) is 0. The summed E-state index contributed by atoms with van der Waals surface area (Å²) in [7, 11) is -2.86. The zero-order valence-electron chi connectivity index (χ0n) is 3.12. The fourth-order valence-electron chi connectivity index (χ4n) is 0. The molecule has 0 spiro atoms. The van der Waals surface area contributed by atoms with Crippen molar-refractivity contribution in [3.8, 4) is 0 Å². The first-order chi connectivity index (χ1) is 1.73. The average Bonchev–Trinajstić information content (AvgIpc) is 0.811. The molecule has 0 amide bonds. The first kappa shape index (κ1) is 25.0. The predicted octanol–water partition coefficient (Wildman–Crippen LogP) is 0.350. The molecular weight excluding hydrogens is 322 g/mol. The van der Waals surface area contributed by atoms with E-state index in [1.807, 2.05) is 0 Å². The molecule has 0 saturated carbocycles. The Labute approximate surface area is 62.8 Å². The van der Waals surface area contributed by atoms with Crippen molar-refractivity contribution in [1.29, 1.82) is 0 Å². The quantitative estimate of drug-likeness (QED) is 0.382. The Bertz CT molecular complexity index is 63.3. The van der Waals surface area contributed by atoms with Crippen molar-refractivity contribution in [3.63, 3.8) is 0 Å². The Kier molecular flexibility index (Phi) is 56.5. The monoisotopic (exact) mass is 327 g/mol. The topological polar surface area (TPSA) is 89.4 Å². The summed E-state index contributed by atoms with van der Waals surface area (Å²) >= 11 is 0. The first-order valence-corrected chi connectivity index (χ1v) is 1.55. The van der Waals surface area contributed by atoms with E-state index in [4.69, 9.17) is 13.0 Å². The molecule has 0 aliphatic heterocycles. The van der Waals surface area contributed by atoms with Gasteiger partial charge in [-0.2, -0.15) is 0 Å². The predicted molar refractivity (Wildman–Crippen MR) is 23.6 cm³/mol. The van der Waals surface area contributed by atoms with Crippen molar-refractivity contribution < 1.29 is 33.1 Å². The molecule has 0 saturated heterocycles. The van der Waals surface area contributed by atoms with Crippen LogP contribution >= 0.6 is 12.4 Å². The van der Waals surface area contributed by atoms with Crippen molar-refractivity contribution in [1.82, 2.24) is 6.15 Å². The number of hydrogen-bond donors (Lipinski definition) is 2. The van der Waals surface area contributed by atoms with Crippen LogP contribution in [0.15, 0.2) is 0 Å². The van der Waals surface area contributed by atoms with Gasteiger partial charge in [0, 0.05) is 31.1 Å². The minimum atomic E-state index is -2.86. The summed E-state index contributed by atoms with van der Waals surface area (Å²) in [6.45, 7) is 0. The van der Waals surface area contributed by atoms with Crippen molar-refractivity contribution in [2.24, 2.45) is 0 Å². The number of rotatable bonds is 0. The van der Waals surface area contributed by atoms with Crippen LogP contribution in [0, 0.1) is 0 Å². The summed E-state index contributed by atoms with van der Waals surface area (Å²) in [5, 5.41) is 0. The molecule has 0 aromatic rings. The van der Waals surface area contributed by atoms with Crippen LogP contribution in [-0.4, -0.2) is 4.55 Å². The van der Waals surface area contributed by atoms with E-state index in [-0.39, 0.29) is 38.7 Å². The Hall–Kier alpha value is 0.809. The maximum atomic E-state index is 8.56. The van der Waals surface area contributed by atoms with Crippen LogP contribution in [0.5, 0.6) is 0 Å². The van der Waals surface area contributed by atoms with Crippen LogP contribution < -0.4 is 6.15 Å². The molecule has 0 heterocycles. The Balaban J connectivity index is -0.0000000150. The zero-order chi connectivity index (χ0) is 3.58. The maximum Gasteiger partial charge on any atom is 0.0495 e. The van der Waals surface area contributed by atoms with Crippen LogP contribution in [0.25, 0.3) is 0 Å². The second kappa shape index (κ2) is 15.8. The number of hydrogen-bond acceptors (Lipinski definition) is 4. The smallest absolute Gasteiger partial charge is 0.0495 e. The fraction of sp³-hybridized carbons (Fsp3) is 0. The summed E-state index contributed by atoms with van der Waals surface area (Å²) in [6.07, 6.45) is 0. The molecule has 0 bridgehead atoms. The van der Waals surface area contributed by atoms with Gasteiger partial charge in [-0.15, -0.1) is 12.4 Å². The first-order valence-electron chi connectivity index (χ1n) is 0.516. The van der Waals surface area contributed by atoms with E-state index in [9.17, 15) is 0 Å². The van der Waals surface area contributed by atoms with Crippen LogP contribution in [-0.2, 0) is 39.5 Å². The van der Waals surface area contributed by atoms with Gasteiger partial charge in [0.2, 0.25) is 0 Å². The van der Waals surface area contributed by atoms with E-state index in [1.54, 1.807) is 0 Å². The van der Waals surface area contributed by atoms with E-state index in [2.05, 4.69) is 0 Å². The second-order valence-corrected chi connectivity index (χ2v) is 0.651. The van der Waals surface area contributed by atoms with E-state index in [0.717, 1.165) is 0 Å². The van der Waals surface area contributed by atoms with Crippen LogP contribution in [0.2, 0.25) is 0 Å². The third-order valence-electron chi connectivity index (χ3n) is 0. The summed E-state index contributed by atoms with van der Waals surface area (Å²) in [4.78, 5) is 0. The van der Waals surface area contributed by atoms with E-state index >= 15 is 0 Å². The van der Waals surface area contributed by atoms with E-state index < -0.39 is 11.0 Å². The minimum absolute atomic E-state index is 0. The van der Waals surface area contributed by atoms with E-state index in [0.29, 0.717) is 0 Å². The molecule has 0 aliphatic carbocycles. The van der Waals surface area contributed by atoms with Crippen molar-refractivity contribution >= 4 is 23.4 Å². The molecular formula is H5ClIrNO3S-. The molecule has 0 aliphatic rings. The van der Waals surface area contributed by atoms with Crippen molar-refractivity contribution in [2.45, 2.75) is 0 Å². The van der Waals surface area contributed by atoms with Gasteiger partial charge in [-0.05, 0) is 0 Å². The number of halogens is 1. The molecule has 1 radical (unpaired) electrons. The van der Waals surface area contributed by atoms with Gasteiger partial charge in [-0.1, -0.05) is 0 Å². The van der Waals surface area contributed by atoms with Crippen LogP contribution in [0.1, 0.15) is 0 Å².